The summed E-state index contributed by atoms with van der Waals surface area (Å²) >= 11 is 0. The van der Waals surface area contributed by atoms with Crippen LogP contribution in [0.1, 0.15) is 15.9 Å². The fourth-order valence-corrected chi connectivity index (χ4v) is 2.32. The molecule has 2 aromatic carbocycles. The van der Waals surface area contributed by atoms with Gasteiger partial charge in [0, 0.05) is 17.8 Å². The van der Waals surface area contributed by atoms with Crippen molar-refractivity contribution in [1.29, 1.82) is 0 Å². The minimum Gasteiger partial charge on any atom is -0.493 e. The second-order valence-electron chi connectivity index (χ2n) is 5.64. The minimum absolute atomic E-state index is 0.129. The van der Waals surface area contributed by atoms with Crippen LogP contribution in [0.4, 0.5) is 14.5 Å². The van der Waals surface area contributed by atoms with E-state index in [2.05, 4.69) is 10.1 Å². The van der Waals surface area contributed by atoms with Crippen molar-refractivity contribution in [1.82, 2.24) is 4.90 Å². The minimum atomic E-state index is -3.00. The average molecular weight is 350 g/mol. The van der Waals surface area contributed by atoms with Gasteiger partial charge in [-0.15, -0.1) is 0 Å². The number of benzene rings is 2. The first kappa shape index (κ1) is 18.7. The highest BCUT2D eigenvalue weighted by atomic mass is 19.3. The predicted octanol–water partition coefficient (Wildman–Crippen LogP) is 3.61. The Morgan fingerprint density at radius 1 is 1.16 bits per heavy atom. The summed E-state index contributed by atoms with van der Waals surface area (Å²) in [6.45, 7) is -2.27. The van der Waals surface area contributed by atoms with E-state index in [0.29, 0.717) is 5.69 Å². The van der Waals surface area contributed by atoms with Crippen LogP contribution < -0.4 is 14.8 Å². The maximum absolute atomic E-state index is 12.5. The molecule has 0 atom stereocenters. The van der Waals surface area contributed by atoms with Crippen molar-refractivity contribution < 1.29 is 23.0 Å². The monoisotopic (exact) mass is 350 g/mol. The third-order valence-electron chi connectivity index (χ3n) is 3.33. The van der Waals surface area contributed by atoms with E-state index in [1.807, 2.05) is 37.2 Å². The largest absolute Gasteiger partial charge is 0.493 e. The van der Waals surface area contributed by atoms with Crippen molar-refractivity contribution in [3.05, 3.63) is 53.6 Å². The Labute approximate surface area is 145 Å². The van der Waals surface area contributed by atoms with E-state index in [-0.39, 0.29) is 17.1 Å². The summed E-state index contributed by atoms with van der Waals surface area (Å²) < 4.78 is 34.3. The molecule has 0 radical (unpaired) electrons. The van der Waals surface area contributed by atoms with Gasteiger partial charge in [-0.05, 0) is 50.0 Å². The number of carbonyl (C=O) groups excluding carboxylic acids is 1. The lowest BCUT2D eigenvalue weighted by Crippen LogP contribution is -2.14. The van der Waals surface area contributed by atoms with E-state index in [9.17, 15) is 13.6 Å². The molecule has 0 heterocycles. The molecule has 0 aromatic heterocycles. The standard InChI is InChI=1S/C18H20F2N2O3/c1-22(2)11-12-5-4-6-14(9-12)21-17(23)13-7-8-15(24-3)16(10-13)25-18(19)20/h4-10,18H,11H2,1-3H3,(H,21,23). The maximum Gasteiger partial charge on any atom is 0.387 e. The number of hydrogen-bond donors (Lipinski definition) is 1. The summed E-state index contributed by atoms with van der Waals surface area (Å²) in [6.07, 6.45) is 0. The molecule has 0 aliphatic carbocycles. The van der Waals surface area contributed by atoms with Crippen molar-refractivity contribution in [2.45, 2.75) is 13.2 Å². The number of anilines is 1. The highest BCUT2D eigenvalue weighted by Crippen LogP contribution is 2.29. The average Bonchev–Trinajstić information content (AvgIpc) is 2.54. The molecule has 1 N–H and O–H groups in total. The molecule has 0 bridgehead atoms. The predicted molar refractivity (Wildman–Crippen MR) is 91.4 cm³/mol. The van der Waals surface area contributed by atoms with Crippen LogP contribution in [0.3, 0.4) is 0 Å². The second-order valence-corrected chi connectivity index (χ2v) is 5.64. The van der Waals surface area contributed by atoms with Crippen LogP contribution in [-0.4, -0.2) is 38.6 Å². The zero-order chi connectivity index (χ0) is 18.4. The Balaban J connectivity index is 2.18. The van der Waals surface area contributed by atoms with Gasteiger partial charge < -0.3 is 19.7 Å². The van der Waals surface area contributed by atoms with Gasteiger partial charge in [0.25, 0.3) is 5.91 Å². The SMILES string of the molecule is COc1ccc(C(=O)Nc2cccc(CN(C)C)c2)cc1OC(F)F. The van der Waals surface area contributed by atoms with Crippen molar-refractivity contribution in [3.8, 4) is 11.5 Å². The van der Waals surface area contributed by atoms with Gasteiger partial charge in [0.15, 0.2) is 11.5 Å². The number of rotatable bonds is 7. The Bertz CT molecular complexity index is 736. The summed E-state index contributed by atoms with van der Waals surface area (Å²) in [6, 6.07) is 11.5. The van der Waals surface area contributed by atoms with E-state index in [0.717, 1.165) is 12.1 Å². The first-order valence-electron chi connectivity index (χ1n) is 7.57. The molecule has 0 unspecified atom stereocenters. The second kappa shape index (κ2) is 8.43. The van der Waals surface area contributed by atoms with E-state index in [1.165, 1.54) is 25.3 Å². The molecule has 1 amide bonds. The van der Waals surface area contributed by atoms with Crippen molar-refractivity contribution in [3.63, 3.8) is 0 Å². The van der Waals surface area contributed by atoms with Gasteiger partial charge in [0.1, 0.15) is 0 Å². The first-order chi connectivity index (χ1) is 11.9. The molecule has 5 nitrogen and oxygen atoms in total. The number of amides is 1. The Morgan fingerprint density at radius 2 is 1.92 bits per heavy atom. The molecule has 7 heteroatoms. The van der Waals surface area contributed by atoms with Crippen molar-refractivity contribution in [2.24, 2.45) is 0 Å². The van der Waals surface area contributed by atoms with Gasteiger partial charge in [-0.1, -0.05) is 12.1 Å². The molecule has 134 valence electrons. The maximum atomic E-state index is 12.5. The molecule has 2 aromatic rings. The topological polar surface area (TPSA) is 50.8 Å². The van der Waals surface area contributed by atoms with Gasteiger partial charge in [-0.2, -0.15) is 8.78 Å². The van der Waals surface area contributed by atoms with E-state index in [1.54, 1.807) is 6.07 Å². The van der Waals surface area contributed by atoms with Crippen LogP contribution in [0.2, 0.25) is 0 Å². The summed E-state index contributed by atoms with van der Waals surface area (Å²) in [5.41, 5.74) is 1.85. The number of hydrogen-bond acceptors (Lipinski definition) is 4. The number of alkyl halides is 2. The van der Waals surface area contributed by atoms with Crippen LogP contribution in [0.15, 0.2) is 42.5 Å². The number of halogens is 2. The molecular weight excluding hydrogens is 330 g/mol. The van der Waals surface area contributed by atoms with Crippen LogP contribution in [0, 0.1) is 0 Å². The first-order valence-corrected chi connectivity index (χ1v) is 7.57. The fraction of sp³-hybridized carbons (Fsp3) is 0.278. The summed E-state index contributed by atoms with van der Waals surface area (Å²) in [7, 11) is 5.24. The van der Waals surface area contributed by atoms with Crippen molar-refractivity contribution >= 4 is 11.6 Å². The molecule has 0 spiro atoms. The normalized spacial score (nSPS) is 10.8. The van der Waals surface area contributed by atoms with E-state index < -0.39 is 12.5 Å². The molecule has 0 fully saturated rings. The number of nitrogens with zero attached hydrogens (tertiary/aromatic N) is 1. The highest BCUT2D eigenvalue weighted by Gasteiger charge is 2.15. The summed E-state index contributed by atoms with van der Waals surface area (Å²) in [5, 5.41) is 2.75. The van der Waals surface area contributed by atoms with Gasteiger partial charge in [-0.3, -0.25) is 4.79 Å². The Hall–Kier alpha value is -2.67. The number of methoxy groups -OCH3 is 1. The molecular formula is C18H20F2N2O3. The smallest absolute Gasteiger partial charge is 0.387 e. The molecule has 0 aliphatic rings. The number of carbonyl (C=O) groups is 1. The highest BCUT2D eigenvalue weighted by molar-refractivity contribution is 6.04. The van der Waals surface area contributed by atoms with Gasteiger partial charge in [0.2, 0.25) is 0 Å². The summed E-state index contributed by atoms with van der Waals surface area (Å²) in [5.74, 6) is -0.486. The molecule has 25 heavy (non-hydrogen) atoms. The van der Waals surface area contributed by atoms with Crippen LogP contribution >= 0.6 is 0 Å². The number of nitrogens with one attached hydrogen (secondary N) is 1. The fourth-order valence-electron chi connectivity index (χ4n) is 2.32. The van der Waals surface area contributed by atoms with Gasteiger partial charge in [-0.25, -0.2) is 0 Å². The van der Waals surface area contributed by atoms with Gasteiger partial charge in [0.05, 0.1) is 7.11 Å². The molecule has 0 saturated carbocycles. The van der Waals surface area contributed by atoms with Crippen LogP contribution in [-0.2, 0) is 6.54 Å². The van der Waals surface area contributed by atoms with Crippen molar-refractivity contribution in [2.75, 3.05) is 26.5 Å². The molecule has 0 saturated heterocycles. The number of ether oxygens (including phenoxy) is 2. The molecule has 0 aliphatic heterocycles. The zero-order valence-corrected chi connectivity index (χ0v) is 14.3. The van der Waals surface area contributed by atoms with E-state index >= 15 is 0 Å². The lowest BCUT2D eigenvalue weighted by molar-refractivity contribution is -0.0512. The quantitative estimate of drug-likeness (QED) is 0.829. The Kier molecular flexibility index (Phi) is 6.30. The van der Waals surface area contributed by atoms with Crippen LogP contribution in [0.5, 0.6) is 11.5 Å². The van der Waals surface area contributed by atoms with E-state index in [4.69, 9.17) is 4.74 Å². The third kappa shape index (κ3) is 5.42. The lowest BCUT2D eigenvalue weighted by atomic mass is 10.1. The Morgan fingerprint density at radius 3 is 2.56 bits per heavy atom. The molecule has 2 rings (SSSR count). The summed E-state index contributed by atoms with van der Waals surface area (Å²) in [4.78, 5) is 14.4. The lowest BCUT2D eigenvalue weighted by Gasteiger charge is -2.13. The van der Waals surface area contributed by atoms with Crippen LogP contribution in [0.25, 0.3) is 0 Å². The van der Waals surface area contributed by atoms with Gasteiger partial charge >= 0.3 is 6.61 Å². The zero-order valence-electron chi connectivity index (χ0n) is 14.3. The third-order valence-corrected chi connectivity index (χ3v) is 3.33.